The number of alkyl halides is 2. The zero-order valence-corrected chi connectivity index (χ0v) is 25.4. The van der Waals surface area contributed by atoms with Crippen molar-refractivity contribution in [3.63, 3.8) is 0 Å². The lowest BCUT2D eigenvalue weighted by Crippen LogP contribution is -2.49. The minimum Gasteiger partial charge on any atom is -0.481 e. The molecule has 11 rings (SSSR count). The normalized spacial score (nSPS) is 41.8. The van der Waals surface area contributed by atoms with Crippen LogP contribution in [0.25, 0.3) is 0 Å². The van der Waals surface area contributed by atoms with E-state index in [-0.39, 0.29) is 32.1 Å². The highest BCUT2D eigenvalue weighted by molar-refractivity contribution is 5.56. The highest BCUT2D eigenvalue weighted by atomic mass is 19.2. The maximum absolute atomic E-state index is 17.1. The Bertz CT molecular complexity index is 1770. The lowest BCUT2D eigenvalue weighted by Gasteiger charge is -2.51. The van der Waals surface area contributed by atoms with Crippen LogP contribution in [0.4, 0.5) is 39.5 Å². The molecule has 3 nitrogen and oxygen atoms in total. The molecule has 5 fully saturated rings. The maximum atomic E-state index is 17.1. The van der Waals surface area contributed by atoms with Gasteiger partial charge in [0.25, 0.3) is 0 Å². The molecule has 7 atom stereocenters. The Morgan fingerprint density at radius 1 is 0.688 bits per heavy atom. The molecule has 2 aromatic carbocycles. The molecule has 7 unspecified atom stereocenters. The molecule has 12 heteroatoms. The molecule has 3 aliphatic heterocycles. The number of hydrogen-bond acceptors (Lipinski definition) is 3. The van der Waals surface area contributed by atoms with Crippen molar-refractivity contribution < 1.29 is 53.7 Å². The standard InChI is InChI=1S/C36H29F9O3/c1-2-33-10-34-13-35(11-33)24-16(38)8-18(40)29(27(24)44)46-21-5-3-4-6-22(32(21)48-31-20(42)7-15(37)23(34)26(31)43)47-30-19(41)9-17(39)25(28(30)45)36(35,12-33)14-34/h1,8-9,15,20-23,32H,3-7,10-14H2. The second-order valence-electron chi connectivity index (χ2n) is 15.1. The Kier molecular flexibility index (Phi) is 6.11. The maximum Gasteiger partial charge on any atom is 0.191 e. The topological polar surface area (TPSA) is 27.7 Å². The van der Waals surface area contributed by atoms with Crippen molar-refractivity contribution in [1.82, 2.24) is 0 Å². The van der Waals surface area contributed by atoms with Crippen LogP contribution in [0.1, 0.15) is 75.3 Å². The Morgan fingerprint density at radius 3 is 1.71 bits per heavy atom. The highest BCUT2D eigenvalue weighted by Crippen LogP contribution is 2.83. The molecule has 48 heavy (non-hydrogen) atoms. The van der Waals surface area contributed by atoms with Gasteiger partial charge in [0.05, 0.1) is 5.92 Å². The Hall–Kier alpha value is -3.49. The van der Waals surface area contributed by atoms with Gasteiger partial charge < -0.3 is 14.2 Å². The molecular formula is C36H29F9O3. The Labute approximate surface area is 269 Å². The van der Waals surface area contributed by atoms with E-state index in [1.54, 1.807) is 0 Å². The fraction of sp³-hybridized carbons (Fsp3) is 0.556. The molecule has 0 aromatic heterocycles. The van der Waals surface area contributed by atoms with E-state index in [9.17, 15) is 0 Å². The number of ether oxygens (including phenoxy) is 3. The van der Waals surface area contributed by atoms with Gasteiger partial charge in [-0.15, -0.1) is 6.42 Å². The largest absolute Gasteiger partial charge is 0.481 e. The van der Waals surface area contributed by atoms with Crippen LogP contribution in [0, 0.1) is 64.0 Å². The van der Waals surface area contributed by atoms with Crippen LogP contribution in [-0.4, -0.2) is 30.7 Å². The van der Waals surface area contributed by atoms with Crippen molar-refractivity contribution in [1.29, 1.82) is 0 Å². The van der Waals surface area contributed by atoms with E-state index in [1.165, 1.54) is 0 Å². The van der Waals surface area contributed by atoms with Crippen LogP contribution in [-0.2, 0) is 15.6 Å². The minimum atomic E-state index is -2.30. The summed E-state index contributed by atoms with van der Waals surface area (Å²) in [7, 11) is 0. The van der Waals surface area contributed by atoms with Crippen molar-refractivity contribution in [2.24, 2.45) is 16.7 Å². The van der Waals surface area contributed by atoms with Gasteiger partial charge in [-0.05, 0) is 63.2 Å². The van der Waals surface area contributed by atoms with Crippen LogP contribution in [0.15, 0.2) is 23.7 Å². The van der Waals surface area contributed by atoms with Crippen LogP contribution in [0.2, 0.25) is 0 Å². The first-order valence-electron chi connectivity index (χ1n) is 16.3. The third kappa shape index (κ3) is 3.56. The first-order valence-corrected chi connectivity index (χ1v) is 16.3. The van der Waals surface area contributed by atoms with Crippen LogP contribution in [0.3, 0.4) is 0 Å². The SMILES string of the molecule is C#CC12CC34CC5(C1)c1c(F)cc(F)c(c1F)OC1CCCCC(Oc6c(F)cc(F)c(c6F)C5(C2)C3)C1OC1=C(F)C4C(F)CC1F. The predicted molar refractivity (Wildman–Crippen MR) is 151 cm³/mol. The van der Waals surface area contributed by atoms with E-state index in [0.29, 0.717) is 25.0 Å². The highest BCUT2D eigenvalue weighted by Gasteiger charge is 2.80. The summed E-state index contributed by atoms with van der Waals surface area (Å²) in [6.07, 6.45) is -4.75. The number of terminal acetylenes is 1. The molecule has 3 heterocycles. The predicted octanol–water partition coefficient (Wildman–Crippen LogP) is 8.65. The van der Waals surface area contributed by atoms with Gasteiger partial charge in [-0.2, -0.15) is 0 Å². The number of benzene rings is 2. The number of rotatable bonds is 0. The fourth-order valence-electron chi connectivity index (χ4n) is 11.6. The number of allylic oxidation sites excluding steroid dienone is 2. The van der Waals surface area contributed by atoms with Crippen molar-refractivity contribution in [2.45, 2.75) is 106 Å². The van der Waals surface area contributed by atoms with Gasteiger partial charge in [-0.3, -0.25) is 0 Å². The van der Waals surface area contributed by atoms with Gasteiger partial charge in [0.1, 0.15) is 35.8 Å². The first kappa shape index (κ1) is 30.6. The van der Waals surface area contributed by atoms with Crippen LogP contribution >= 0.6 is 0 Å². The van der Waals surface area contributed by atoms with E-state index < -0.39 is 147 Å². The summed E-state index contributed by atoms with van der Waals surface area (Å²) in [6.45, 7) is 0. The molecular weight excluding hydrogens is 651 g/mol. The minimum absolute atomic E-state index is 0.0179. The van der Waals surface area contributed by atoms with Gasteiger partial charge in [-0.1, -0.05) is 5.92 Å². The fourth-order valence-corrected chi connectivity index (χ4v) is 11.6. The second kappa shape index (κ2) is 9.60. The van der Waals surface area contributed by atoms with Crippen LogP contribution < -0.4 is 9.47 Å². The molecule has 254 valence electrons. The van der Waals surface area contributed by atoms with Crippen molar-refractivity contribution in [2.75, 3.05) is 0 Å². The van der Waals surface area contributed by atoms with E-state index in [2.05, 4.69) is 5.92 Å². The summed E-state index contributed by atoms with van der Waals surface area (Å²) in [5, 5.41) is 0. The third-order valence-electron chi connectivity index (χ3n) is 12.7. The molecule has 9 aliphatic rings. The summed E-state index contributed by atoms with van der Waals surface area (Å²) >= 11 is 0. The van der Waals surface area contributed by atoms with Gasteiger partial charge >= 0.3 is 0 Å². The average Bonchev–Trinajstić information content (AvgIpc) is 3.20. The Balaban J connectivity index is 1.49. The molecule has 0 N–H and O–H groups in total. The molecule has 3 spiro atoms. The smallest absolute Gasteiger partial charge is 0.191 e. The first-order chi connectivity index (χ1) is 22.8. The Morgan fingerprint density at radius 2 is 1.21 bits per heavy atom. The van der Waals surface area contributed by atoms with Gasteiger partial charge in [-0.25, -0.2) is 39.5 Å². The van der Waals surface area contributed by atoms with Gasteiger partial charge in [0.15, 0.2) is 52.8 Å². The number of halogens is 9. The van der Waals surface area contributed by atoms with E-state index in [0.717, 1.165) is 0 Å². The molecule has 6 aliphatic carbocycles. The molecule has 2 aromatic rings. The molecule has 5 saturated carbocycles. The average molecular weight is 681 g/mol. The number of hydrogen-bond donors (Lipinski definition) is 0. The van der Waals surface area contributed by atoms with Crippen molar-refractivity contribution in [3.8, 4) is 23.8 Å². The summed E-state index contributed by atoms with van der Waals surface area (Å²) in [4.78, 5) is 0. The third-order valence-corrected chi connectivity index (χ3v) is 12.7. The van der Waals surface area contributed by atoms with E-state index in [1.807, 2.05) is 0 Å². The zero-order valence-electron chi connectivity index (χ0n) is 25.4. The molecule has 0 amide bonds. The lowest BCUT2D eigenvalue weighted by atomic mass is 9.53. The summed E-state index contributed by atoms with van der Waals surface area (Å²) in [6, 6.07) is 0.839. The molecule has 0 radical (unpaired) electrons. The van der Waals surface area contributed by atoms with E-state index in [4.69, 9.17) is 20.6 Å². The quantitative estimate of drug-likeness (QED) is 0.206. The summed E-state index contributed by atoms with van der Waals surface area (Å²) < 4.78 is 166. The van der Waals surface area contributed by atoms with E-state index >= 15 is 39.5 Å². The van der Waals surface area contributed by atoms with Gasteiger partial charge in [0, 0.05) is 45.9 Å². The lowest BCUT2D eigenvalue weighted by molar-refractivity contribution is -0.0823. The van der Waals surface area contributed by atoms with Crippen LogP contribution in [0.5, 0.6) is 11.5 Å². The zero-order chi connectivity index (χ0) is 33.7. The molecule has 0 saturated heterocycles. The van der Waals surface area contributed by atoms with Gasteiger partial charge in [0.2, 0.25) is 0 Å². The second-order valence-corrected chi connectivity index (χ2v) is 15.1. The monoisotopic (exact) mass is 680 g/mol. The summed E-state index contributed by atoms with van der Waals surface area (Å²) in [5.41, 5.74) is -8.71. The molecule has 13 bridgehead atoms. The van der Waals surface area contributed by atoms with Crippen molar-refractivity contribution >= 4 is 0 Å². The van der Waals surface area contributed by atoms with Crippen molar-refractivity contribution in [3.05, 3.63) is 69.7 Å². The summed E-state index contributed by atoms with van der Waals surface area (Å²) in [5.74, 6) is -11.9.